The number of nitrogens with one attached hydrogen (secondary N) is 1. The Labute approximate surface area is 249 Å². The van der Waals surface area contributed by atoms with Crippen LogP contribution in [0.5, 0.6) is 0 Å². The number of fused-ring (bicyclic) bond motifs is 3. The summed E-state index contributed by atoms with van der Waals surface area (Å²) in [7, 11) is 2.04. The molecule has 39 heavy (non-hydrogen) atoms. The molecule has 3 aliphatic carbocycles. The van der Waals surface area contributed by atoms with E-state index in [0.717, 1.165) is 24.9 Å². The van der Waals surface area contributed by atoms with Crippen LogP contribution in [0.15, 0.2) is 34.3 Å². The lowest BCUT2D eigenvalue weighted by Gasteiger charge is -2.32. The van der Waals surface area contributed by atoms with Crippen molar-refractivity contribution in [3.05, 3.63) is 65.7 Å². The molecule has 0 saturated carbocycles. The van der Waals surface area contributed by atoms with Gasteiger partial charge in [0.25, 0.3) is 0 Å². The average Bonchev–Trinajstić information content (AvgIpc) is 3.76. The molecule has 1 saturated heterocycles. The van der Waals surface area contributed by atoms with Crippen molar-refractivity contribution in [2.75, 3.05) is 39.8 Å². The number of nitrogens with zero attached hydrogens (tertiary/aromatic N) is 1. The molecule has 0 radical (unpaired) electrons. The molecule has 4 heterocycles. The first-order valence-corrected chi connectivity index (χ1v) is 18.2. The Kier molecular flexibility index (Phi) is 11.5. The summed E-state index contributed by atoms with van der Waals surface area (Å²) in [6, 6.07) is 6.89. The van der Waals surface area contributed by atoms with Crippen LogP contribution in [-0.4, -0.2) is 44.7 Å². The monoisotopic (exact) mass is 583 g/mol. The molecule has 3 atom stereocenters. The number of aryl methyl sites for hydroxylation is 3. The number of thiophene rings is 3. The van der Waals surface area contributed by atoms with E-state index in [9.17, 15) is 0 Å². The number of nitrogens with two attached hydrogens (primary N) is 1. The van der Waals surface area contributed by atoms with Crippen molar-refractivity contribution in [3.8, 4) is 0 Å². The third kappa shape index (κ3) is 7.84. The second kappa shape index (κ2) is 15.3. The van der Waals surface area contributed by atoms with E-state index in [0.29, 0.717) is 5.92 Å². The fourth-order valence-corrected chi connectivity index (χ4v) is 10.3. The lowest BCUT2D eigenvalue weighted by molar-refractivity contribution is 0.210. The number of likely N-dealkylation sites (N-methyl/N-ethyl adjacent to an activating group) is 1. The molecule has 214 valence electrons. The summed E-state index contributed by atoms with van der Waals surface area (Å²) >= 11 is 5.81. The Morgan fingerprint density at radius 2 is 1.18 bits per heavy atom. The molecule has 7 rings (SSSR count). The number of hydrogen-bond donors (Lipinski definition) is 2. The van der Waals surface area contributed by atoms with Gasteiger partial charge in [-0.2, -0.15) is 0 Å². The first kappa shape index (κ1) is 29.5. The maximum atomic E-state index is 5.68. The Balaban J connectivity index is 0.000000121. The second-order valence-electron chi connectivity index (χ2n) is 11.9. The van der Waals surface area contributed by atoms with Crippen molar-refractivity contribution in [1.29, 1.82) is 0 Å². The van der Waals surface area contributed by atoms with Crippen molar-refractivity contribution in [1.82, 2.24) is 10.2 Å². The molecule has 3 aromatic rings. The predicted molar refractivity (Wildman–Crippen MR) is 173 cm³/mol. The van der Waals surface area contributed by atoms with Gasteiger partial charge < -0.3 is 16.0 Å². The minimum atomic E-state index is 0.666. The van der Waals surface area contributed by atoms with E-state index in [4.69, 9.17) is 5.73 Å². The van der Waals surface area contributed by atoms with Crippen molar-refractivity contribution in [2.45, 2.75) is 94.8 Å². The Bertz CT molecular complexity index is 1110. The van der Waals surface area contributed by atoms with E-state index in [1.807, 2.05) is 41.1 Å². The van der Waals surface area contributed by atoms with Crippen molar-refractivity contribution in [3.63, 3.8) is 0 Å². The van der Waals surface area contributed by atoms with Crippen LogP contribution in [0.4, 0.5) is 0 Å². The van der Waals surface area contributed by atoms with Crippen molar-refractivity contribution in [2.24, 2.45) is 5.73 Å². The van der Waals surface area contributed by atoms with Crippen LogP contribution >= 0.6 is 34.0 Å². The molecule has 0 amide bonds. The van der Waals surface area contributed by atoms with Crippen LogP contribution in [0.25, 0.3) is 0 Å². The summed E-state index contributed by atoms with van der Waals surface area (Å²) in [5, 5.41) is 9.99. The molecule has 3 N–H and O–H groups in total. The minimum Gasteiger partial charge on any atom is -0.330 e. The third-order valence-corrected chi connectivity index (χ3v) is 12.5. The number of likely N-dealkylation sites (tertiary alicyclic amines) is 1. The quantitative estimate of drug-likeness (QED) is 0.318. The molecule has 3 nitrogen and oxygen atoms in total. The fourth-order valence-electron chi connectivity index (χ4n) is 7.04. The zero-order valence-corrected chi connectivity index (χ0v) is 26.4. The van der Waals surface area contributed by atoms with Crippen molar-refractivity contribution < 1.29 is 0 Å². The molecule has 1 fully saturated rings. The third-order valence-electron chi connectivity index (χ3n) is 9.11. The molecule has 0 aromatic carbocycles. The topological polar surface area (TPSA) is 41.3 Å². The molecule has 0 bridgehead atoms. The molecular weight excluding hydrogens is 535 g/mol. The highest BCUT2D eigenvalue weighted by atomic mass is 32.1. The van der Waals surface area contributed by atoms with Gasteiger partial charge in [0, 0.05) is 45.5 Å². The zero-order valence-electron chi connectivity index (χ0n) is 24.0. The van der Waals surface area contributed by atoms with Gasteiger partial charge in [-0.3, -0.25) is 0 Å². The van der Waals surface area contributed by atoms with E-state index >= 15 is 0 Å². The summed E-state index contributed by atoms with van der Waals surface area (Å²) in [6.07, 6.45) is 16.4. The normalized spacial score (nSPS) is 24.3. The van der Waals surface area contributed by atoms with Crippen LogP contribution in [0.1, 0.15) is 107 Å². The van der Waals surface area contributed by atoms with E-state index in [1.165, 1.54) is 96.7 Å². The van der Waals surface area contributed by atoms with Gasteiger partial charge in [0.05, 0.1) is 0 Å². The molecule has 1 aliphatic heterocycles. The van der Waals surface area contributed by atoms with Gasteiger partial charge in [-0.05, 0) is 148 Å². The van der Waals surface area contributed by atoms with E-state index in [1.54, 1.807) is 31.3 Å². The van der Waals surface area contributed by atoms with E-state index in [2.05, 4.69) is 44.6 Å². The highest BCUT2D eigenvalue weighted by molar-refractivity contribution is 7.10. The number of piperidine rings is 1. The highest BCUT2D eigenvalue weighted by Crippen LogP contribution is 2.37. The molecule has 6 heteroatoms. The summed E-state index contributed by atoms with van der Waals surface area (Å²) < 4.78 is 0. The summed E-state index contributed by atoms with van der Waals surface area (Å²) in [4.78, 5) is 7.59. The lowest BCUT2D eigenvalue weighted by Crippen LogP contribution is -2.34. The number of rotatable bonds is 5. The molecule has 3 aromatic heterocycles. The largest absolute Gasteiger partial charge is 0.330 e. The number of hydrogen-bond acceptors (Lipinski definition) is 6. The van der Waals surface area contributed by atoms with Crippen LogP contribution in [0.3, 0.4) is 0 Å². The lowest BCUT2D eigenvalue weighted by atomic mass is 9.89. The summed E-state index contributed by atoms with van der Waals surface area (Å²) in [5.41, 5.74) is 10.5. The Hall–Kier alpha value is -1.02. The van der Waals surface area contributed by atoms with Crippen LogP contribution < -0.4 is 11.1 Å². The van der Waals surface area contributed by atoms with Crippen molar-refractivity contribution >= 4 is 34.0 Å². The van der Waals surface area contributed by atoms with Gasteiger partial charge in [0.1, 0.15) is 0 Å². The maximum Gasteiger partial charge on any atom is 0.0121 e. The van der Waals surface area contributed by atoms with Gasteiger partial charge >= 0.3 is 0 Å². The van der Waals surface area contributed by atoms with E-state index in [-0.39, 0.29) is 0 Å². The van der Waals surface area contributed by atoms with Gasteiger partial charge in [-0.15, -0.1) is 34.0 Å². The Morgan fingerprint density at radius 3 is 1.72 bits per heavy atom. The van der Waals surface area contributed by atoms with Gasteiger partial charge in [0.15, 0.2) is 0 Å². The average molecular weight is 584 g/mol. The zero-order chi connectivity index (χ0) is 26.9. The first-order chi connectivity index (χ1) is 19.3. The van der Waals surface area contributed by atoms with Gasteiger partial charge in [0.2, 0.25) is 0 Å². The van der Waals surface area contributed by atoms with E-state index < -0.39 is 0 Å². The summed E-state index contributed by atoms with van der Waals surface area (Å²) in [6.45, 7) is 5.99. The molecule has 0 spiro atoms. The smallest absolute Gasteiger partial charge is 0.0121 e. The predicted octanol–water partition coefficient (Wildman–Crippen LogP) is 8.17. The summed E-state index contributed by atoms with van der Waals surface area (Å²) in [5.74, 6) is 2.30. The standard InChI is InChI=1S/C14H21NS.C10H15NS.C9H13NS/c1-2-8-15(9-3-1)11-13-6-4-5-12-7-10-16-14(12)13;1-11-7-9-4-2-3-8-5-6-12-10(8)9;10-6-8-3-1-2-7-4-5-11-9(7)8/h7,10,13H,1-6,8-9,11H2;5-6,9,11H,2-4,7H2,1H3;4-5,8H,1-3,6,10H2. The molecule has 3 unspecified atom stereocenters. The SMILES string of the molecule is CNCC1CCCc2ccsc21.NCC1CCCc2ccsc21.c1cc2c(s1)C(CN1CCCCC1)CCC2. The fraction of sp³-hybridized carbons (Fsp3) is 0.636. The first-order valence-electron chi connectivity index (χ1n) is 15.5. The minimum absolute atomic E-state index is 0.666. The maximum absolute atomic E-state index is 5.68. The van der Waals surface area contributed by atoms with Gasteiger partial charge in [-0.1, -0.05) is 6.42 Å². The van der Waals surface area contributed by atoms with Crippen LogP contribution in [0.2, 0.25) is 0 Å². The Morgan fingerprint density at radius 1 is 0.692 bits per heavy atom. The molecule has 4 aliphatic rings. The molecular formula is C33H49N3S3. The van der Waals surface area contributed by atoms with Crippen LogP contribution in [0, 0.1) is 0 Å². The van der Waals surface area contributed by atoms with Crippen LogP contribution in [-0.2, 0) is 19.3 Å². The van der Waals surface area contributed by atoms with Gasteiger partial charge in [-0.25, -0.2) is 0 Å². The second-order valence-corrected chi connectivity index (χ2v) is 14.7. The highest BCUT2D eigenvalue weighted by Gasteiger charge is 2.24.